The molecule has 2 rings (SSSR count). The van der Waals surface area contributed by atoms with Crippen LogP contribution in [-0.2, 0) is 0 Å². The summed E-state index contributed by atoms with van der Waals surface area (Å²) in [6.07, 6.45) is 5.35. The average molecular weight is 242 g/mol. The van der Waals surface area contributed by atoms with Gasteiger partial charge in [0.1, 0.15) is 11.8 Å². The van der Waals surface area contributed by atoms with Crippen LogP contribution in [0.2, 0.25) is 5.15 Å². The van der Waals surface area contributed by atoms with Gasteiger partial charge in [0.25, 0.3) is 0 Å². The van der Waals surface area contributed by atoms with Crippen molar-refractivity contribution in [3.8, 4) is 6.01 Å². The molecule has 1 aliphatic heterocycles. The summed E-state index contributed by atoms with van der Waals surface area (Å²) in [7, 11) is 0. The molecule has 0 saturated carbocycles. The number of aromatic nitrogens is 2. The lowest BCUT2D eigenvalue weighted by Gasteiger charge is -2.22. The molecule has 0 radical (unpaired) electrons. The van der Waals surface area contributed by atoms with Crippen molar-refractivity contribution in [3.63, 3.8) is 0 Å². The molecule has 0 aliphatic carbocycles. The Balaban J connectivity index is 1.86. The van der Waals surface area contributed by atoms with E-state index in [2.05, 4.69) is 15.3 Å². The summed E-state index contributed by atoms with van der Waals surface area (Å²) in [6, 6.07) is 0.778. The Hall–Kier alpha value is -0.870. The summed E-state index contributed by atoms with van der Waals surface area (Å²) in [5, 5.41) is 3.86. The SMILES string of the molecule is Cc1cnc(OCC2CCCCN2)nc1Cl. The zero-order chi connectivity index (χ0) is 11.4. The number of rotatable bonds is 3. The number of hydrogen-bond donors (Lipinski definition) is 1. The molecule has 0 spiro atoms. The van der Waals surface area contributed by atoms with E-state index in [0.29, 0.717) is 23.8 Å². The number of aryl methyl sites for hydroxylation is 1. The maximum Gasteiger partial charge on any atom is 0.317 e. The third kappa shape index (κ3) is 3.06. The van der Waals surface area contributed by atoms with Gasteiger partial charge in [0, 0.05) is 17.8 Å². The third-order valence-corrected chi connectivity index (χ3v) is 3.10. The Morgan fingerprint density at radius 2 is 2.44 bits per heavy atom. The second-order valence-corrected chi connectivity index (χ2v) is 4.44. The first-order valence-corrected chi connectivity index (χ1v) is 5.99. The highest BCUT2D eigenvalue weighted by Crippen LogP contribution is 2.14. The lowest BCUT2D eigenvalue weighted by atomic mass is 10.1. The minimum atomic E-state index is 0.364. The van der Waals surface area contributed by atoms with Gasteiger partial charge in [-0.3, -0.25) is 0 Å². The molecule has 2 heterocycles. The van der Waals surface area contributed by atoms with Gasteiger partial charge < -0.3 is 10.1 Å². The summed E-state index contributed by atoms with van der Waals surface area (Å²) < 4.78 is 5.51. The van der Waals surface area contributed by atoms with Crippen LogP contribution < -0.4 is 10.1 Å². The minimum Gasteiger partial charge on any atom is -0.462 e. The predicted molar refractivity (Wildman–Crippen MR) is 62.9 cm³/mol. The molecule has 16 heavy (non-hydrogen) atoms. The highest BCUT2D eigenvalue weighted by molar-refractivity contribution is 6.30. The number of nitrogens with one attached hydrogen (secondary N) is 1. The summed E-state index contributed by atoms with van der Waals surface area (Å²) in [6.45, 7) is 3.55. The summed E-state index contributed by atoms with van der Waals surface area (Å²) in [5.41, 5.74) is 0.866. The van der Waals surface area contributed by atoms with E-state index >= 15 is 0 Å². The molecule has 1 fully saturated rings. The Morgan fingerprint density at radius 1 is 1.56 bits per heavy atom. The molecule has 0 bridgehead atoms. The van der Waals surface area contributed by atoms with Crippen molar-refractivity contribution in [1.29, 1.82) is 0 Å². The average Bonchev–Trinajstić information content (AvgIpc) is 2.32. The Morgan fingerprint density at radius 3 is 3.12 bits per heavy atom. The van der Waals surface area contributed by atoms with Crippen molar-refractivity contribution in [1.82, 2.24) is 15.3 Å². The fourth-order valence-electron chi connectivity index (χ4n) is 1.72. The lowest BCUT2D eigenvalue weighted by Crippen LogP contribution is -2.38. The Kier molecular flexibility index (Phi) is 3.96. The Bertz CT molecular complexity index is 353. The molecule has 1 unspecified atom stereocenters. The summed E-state index contributed by atoms with van der Waals surface area (Å²) in [4.78, 5) is 8.14. The van der Waals surface area contributed by atoms with Crippen molar-refractivity contribution < 1.29 is 4.74 Å². The van der Waals surface area contributed by atoms with E-state index in [1.807, 2.05) is 6.92 Å². The van der Waals surface area contributed by atoms with Gasteiger partial charge in [-0.1, -0.05) is 18.0 Å². The van der Waals surface area contributed by atoms with Gasteiger partial charge in [-0.2, -0.15) is 4.98 Å². The molecule has 0 amide bonds. The van der Waals surface area contributed by atoms with Crippen LogP contribution in [0.25, 0.3) is 0 Å². The Labute approximate surface area is 100 Å². The van der Waals surface area contributed by atoms with Crippen molar-refractivity contribution >= 4 is 11.6 Å². The monoisotopic (exact) mass is 241 g/mol. The van der Waals surface area contributed by atoms with Crippen LogP contribution in [0.1, 0.15) is 24.8 Å². The molecule has 5 heteroatoms. The maximum absolute atomic E-state index is 5.89. The second kappa shape index (κ2) is 5.46. The molecule has 1 atom stereocenters. The number of ether oxygens (including phenoxy) is 1. The zero-order valence-corrected chi connectivity index (χ0v) is 10.1. The van der Waals surface area contributed by atoms with E-state index in [9.17, 15) is 0 Å². The largest absolute Gasteiger partial charge is 0.462 e. The van der Waals surface area contributed by atoms with Gasteiger partial charge in [0.15, 0.2) is 0 Å². The van der Waals surface area contributed by atoms with E-state index in [-0.39, 0.29) is 0 Å². The van der Waals surface area contributed by atoms with Crippen molar-refractivity contribution in [3.05, 3.63) is 16.9 Å². The van der Waals surface area contributed by atoms with Gasteiger partial charge in [-0.25, -0.2) is 4.98 Å². The number of nitrogens with zero attached hydrogens (tertiary/aromatic N) is 2. The van der Waals surface area contributed by atoms with E-state index in [1.165, 1.54) is 12.8 Å². The third-order valence-electron chi connectivity index (χ3n) is 2.71. The van der Waals surface area contributed by atoms with Crippen LogP contribution in [0, 0.1) is 6.92 Å². The van der Waals surface area contributed by atoms with E-state index < -0.39 is 0 Å². The topological polar surface area (TPSA) is 47.0 Å². The maximum atomic E-state index is 5.89. The summed E-state index contributed by atoms with van der Waals surface area (Å²) in [5.74, 6) is 0. The number of halogens is 1. The molecule has 88 valence electrons. The number of piperidine rings is 1. The van der Waals surface area contributed by atoms with Crippen LogP contribution in [0.5, 0.6) is 6.01 Å². The van der Waals surface area contributed by atoms with Crippen LogP contribution >= 0.6 is 11.6 Å². The first kappa shape index (κ1) is 11.6. The first-order valence-electron chi connectivity index (χ1n) is 5.61. The second-order valence-electron chi connectivity index (χ2n) is 4.08. The first-order chi connectivity index (χ1) is 7.75. The van der Waals surface area contributed by atoms with Gasteiger partial charge >= 0.3 is 6.01 Å². The number of hydrogen-bond acceptors (Lipinski definition) is 4. The van der Waals surface area contributed by atoms with Crippen LogP contribution in [0.15, 0.2) is 6.20 Å². The molecular formula is C11H16ClN3O. The van der Waals surface area contributed by atoms with Gasteiger partial charge in [0.05, 0.1) is 0 Å². The van der Waals surface area contributed by atoms with E-state index in [4.69, 9.17) is 16.3 Å². The van der Waals surface area contributed by atoms with Gasteiger partial charge in [-0.05, 0) is 26.3 Å². The summed E-state index contributed by atoms with van der Waals surface area (Å²) >= 11 is 5.89. The molecule has 1 N–H and O–H groups in total. The molecular weight excluding hydrogens is 226 g/mol. The standard InChI is InChI=1S/C11H16ClN3O/c1-8-6-14-11(15-10(8)12)16-7-9-4-2-3-5-13-9/h6,9,13H,2-5,7H2,1H3. The van der Waals surface area contributed by atoms with Crippen LogP contribution in [0.4, 0.5) is 0 Å². The smallest absolute Gasteiger partial charge is 0.317 e. The van der Waals surface area contributed by atoms with E-state index in [1.54, 1.807) is 6.20 Å². The highest BCUT2D eigenvalue weighted by atomic mass is 35.5. The molecule has 1 aromatic heterocycles. The fraction of sp³-hybridized carbons (Fsp3) is 0.636. The van der Waals surface area contributed by atoms with E-state index in [0.717, 1.165) is 18.5 Å². The zero-order valence-electron chi connectivity index (χ0n) is 9.37. The molecule has 1 saturated heterocycles. The fourth-order valence-corrected chi connectivity index (χ4v) is 1.84. The van der Waals surface area contributed by atoms with Crippen molar-refractivity contribution in [2.45, 2.75) is 32.2 Å². The molecule has 4 nitrogen and oxygen atoms in total. The highest BCUT2D eigenvalue weighted by Gasteiger charge is 2.13. The quantitative estimate of drug-likeness (QED) is 0.822. The van der Waals surface area contributed by atoms with Crippen molar-refractivity contribution in [2.24, 2.45) is 0 Å². The van der Waals surface area contributed by atoms with Crippen LogP contribution in [-0.4, -0.2) is 29.2 Å². The van der Waals surface area contributed by atoms with Gasteiger partial charge in [-0.15, -0.1) is 0 Å². The normalized spacial score (nSPS) is 20.8. The van der Waals surface area contributed by atoms with Crippen molar-refractivity contribution in [2.75, 3.05) is 13.2 Å². The van der Waals surface area contributed by atoms with Gasteiger partial charge in [0.2, 0.25) is 0 Å². The molecule has 1 aromatic rings. The molecule has 0 aromatic carbocycles. The lowest BCUT2D eigenvalue weighted by molar-refractivity contribution is 0.224. The predicted octanol–water partition coefficient (Wildman–Crippen LogP) is 1.96. The minimum absolute atomic E-state index is 0.364. The van der Waals surface area contributed by atoms with Crippen LogP contribution in [0.3, 0.4) is 0 Å². The molecule has 1 aliphatic rings.